The lowest BCUT2D eigenvalue weighted by Gasteiger charge is -2.12. The summed E-state index contributed by atoms with van der Waals surface area (Å²) in [6.07, 6.45) is -1.06. The van der Waals surface area contributed by atoms with Crippen molar-refractivity contribution in [2.45, 2.75) is 46.3 Å². The van der Waals surface area contributed by atoms with Crippen molar-refractivity contribution in [2.75, 3.05) is 0 Å². The third-order valence-electron chi connectivity index (χ3n) is 3.11. The second-order valence-electron chi connectivity index (χ2n) is 5.90. The molecule has 1 aromatic carbocycles. The second-order valence-corrected chi connectivity index (χ2v) is 5.90. The van der Waals surface area contributed by atoms with Crippen LogP contribution in [0.3, 0.4) is 0 Å². The van der Waals surface area contributed by atoms with Crippen molar-refractivity contribution >= 4 is 22.9 Å². The van der Waals surface area contributed by atoms with Crippen LogP contribution in [0.1, 0.15) is 43.8 Å². The van der Waals surface area contributed by atoms with E-state index in [2.05, 4.69) is 0 Å². The zero-order valence-electron chi connectivity index (χ0n) is 14.1. The van der Waals surface area contributed by atoms with Gasteiger partial charge < -0.3 is 13.9 Å². The van der Waals surface area contributed by atoms with Gasteiger partial charge in [-0.25, -0.2) is 4.79 Å². The van der Waals surface area contributed by atoms with Crippen molar-refractivity contribution in [3.8, 4) is 0 Å². The van der Waals surface area contributed by atoms with Crippen LogP contribution in [0.25, 0.3) is 11.0 Å². The summed E-state index contributed by atoms with van der Waals surface area (Å²) in [6, 6.07) is 6.53. The third-order valence-corrected chi connectivity index (χ3v) is 3.11. The molecule has 0 fully saturated rings. The Morgan fingerprint density at radius 1 is 1.04 bits per heavy atom. The molecule has 0 aliphatic carbocycles. The molecule has 0 bridgehead atoms. The summed E-state index contributed by atoms with van der Waals surface area (Å²) in [6.45, 7) is 6.77. The molecule has 0 saturated carbocycles. The summed E-state index contributed by atoms with van der Waals surface area (Å²) in [7, 11) is 0. The molecule has 0 saturated heterocycles. The number of fused-ring (bicyclic) bond motifs is 1. The Kier molecular flexibility index (Phi) is 5.39. The molecular formula is C18H20O6. The van der Waals surface area contributed by atoms with Gasteiger partial charge in [0.05, 0.1) is 29.6 Å². The minimum atomic E-state index is -0.778. The molecule has 0 spiro atoms. The highest BCUT2D eigenvalue weighted by molar-refractivity contribution is 5.92. The van der Waals surface area contributed by atoms with E-state index in [-0.39, 0.29) is 35.5 Å². The first-order chi connectivity index (χ1) is 11.3. The lowest BCUT2D eigenvalue weighted by molar-refractivity contribution is -0.146. The Hall–Kier alpha value is -2.63. The Balaban J connectivity index is 2.56. The van der Waals surface area contributed by atoms with Crippen LogP contribution in [0, 0.1) is 0 Å². The standard InChI is InChI=1S/C18H20O6/c1-10(2)22-15(19)9-13-16(20)12-7-5-6-8-14(12)24-17(13)18(21)23-11(3)4/h5-8,10-11H,9H2,1-4H3. The highest BCUT2D eigenvalue weighted by Crippen LogP contribution is 2.18. The zero-order valence-corrected chi connectivity index (χ0v) is 14.1. The van der Waals surface area contributed by atoms with Crippen LogP contribution >= 0.6 is 0 Å². The van der Waals surface area contributed by atoms with Crippen LogP contribution in [-0.2, 0) is 20.7 Å². The molecule has 2 aromatic rings. The minimum Gasteiger partial charge on any atom is -0.463 e. The fraction of sp³-hybridized carbons (Fsp3) is 0.389. The van der Waals surface area contributed by atoms with Crippen LogP contribution < -0.4 is 5.43 Å². The Morgan fingerprint density at radius 3 is 2.29 bits per heavy atom. The van der Waals surface area contributed by atoms with Crippen LogP contribution in [0.2, 0.25) is 0 Å². The average molecular weight is 332 g/mol. The molecule has 0 aliphatic heterocycles. The van der Waals surface area contributed by atoms with Crippen molar-refractivity contribution in [1.29, 1.82) is 0 Å². The molecule has 1 heterocycles. The van der Waals surface area contributed by atoms with Gasteiger partial charge in [0.2, 0.25) is 5.76 Å². The monoisotopic (exact) mass is 332 g/mol. The van der Waals surface area contributed by atoms with E-state index in [1.54, 1.807) is 52.0 Å². The van der Waals surface area contributed by atoms with Crippen LogP contribution in [0.15, 0.2) is 33.5 Å². The van der Waals surface area contributed by atoms with Crippen LogP contribution in [-0.4, -0.2) is 24.1 Å². The zero-order chi connectivity index (χ0) is 17.9. The molecule has 6 heteroatoms. The Bertz CT molecular complexity index is 816. The fourth-order valence-electron chi connectivity index (χ4n) is 2.22. The van der Waals surface area contributed by atoms with Gasteiger partial charge in [-0.1, -0.05) is 12.1 Å². The van der Waals surface area contributed by atoms with Gasteiger partial charge in [-0.15, -0.1) is 0 Å². The topological polar surface area (TPSA) is 82.8 Å². The van der Waals surface area contributed by atoms with Crippen molar-refractivity contribution in [3.63, 3.8) is 0 Å². The van der Waals surface area contributed by atoms with Gasteiger partial charge in [-0.2, -0.15) is 0 Å². The first kappa shape index (κ1) is 17.7. The Morgan fingerprint density at radius 2 is 1.67 bits per heavy atom. The molecule has 0 atom stereocenters. The van der Waals surface area contributed by atoms with E-state index in [4.69, 9.17) is 13.9 Å². The number of esters is 2. The molecule has 128 valence electrons. The van der Waals surface area contributed by atoms with Crippen LogP contribution in [0.4, 0.5) is 0 Å². The van der Waals surface area contributed by atoms with E-state index in [0.29, 0.717) is 5.39 Å². The van der Waals surface area contributed by atoms with Gasteiger partial charge in [0.25, 0.3) is 0 Å². The van der Waals surface area contributed by atoms with E-state index in [9.17, 15) is 14.4 Å². The molecule has 0 amide bonds. The van der Waals surface area contributed by atoms with Crippen molar-refractivity contribution < 1.29 is 23.5 Å². The van der Waals surface area contributed by atoms with Crippen molar-refractivity contribution in [3.05, 3.63) is 45.8 Å². The van der Waals surface area contributed by atoms with Crippen LogP contribution in [0.5, 0.6) is 0 Å². The second kappa shape index (κ2) is 7.29. The van der Waals surface area contributed by atoms with Gasteiger partial charge in [-0.3, -0.25) is 9.59 Å². The molecule has 1 aromatic heterocycles. The van der Waals surface area contributed by atoms with Gasteiger partial charge in [0, 0.05) is 0 Å². The van der Waals surface area contributed by atoms with E-state index in [1.807, 2.05) is 0 Å². The van der Waals surface area contributed by atoms with Crippen molar-refractivity contribution in [1.82, 2.24) is 0 Å². The van der Waals surface area contributed by atoms with Gasteiger partial charge in [0.15, 0.2) is 5.43 Å². The maximum atomic E-state index is 12.7. The minimum absolute atomic E-state index is 0.0509. The number of carbonyl (C=O) groups excluding carboxylic acids is 2. The summed E-state index contributed by atoms with van der Waals surface area (Å²) >= 11 is 0. The predicted molar refractivity (Wildman–Crippen MR) is 88.0 cm³/mol. The normalized spacial score (nSPS) is 11.1. The molecule has 2 rings (SSSR count). The largest absolute Gasteiger partial charge is 0.463 e. The molecule has 0 unspecified atom stereocenters. The third kappa shape index (κ3) is 4.01. The highest BCUT2D eigenvalue weighted by atomic mass is 16.6. The van der Waals surface area contributed by atoms with Gasteiger partial charge in [0.1, 0.15) is 5.58 Å². The average Bonchev–Trinajstić information content (AvgIpc) is 2.48. The van der Waals surface area contributed by atoms with E-state index < -0.39 is 17.4 Å². The Labute approximate surface area is 139 Å². The molecule has 0 aliphatic rings. The fourth-order valence-corrected chi connectivity index (χ4v) is 2.22. The number of carbonyl (C=O) groups is 2. The molecular weight excluding hydrogens is 312 g/mol. The maximum Gasteiger partial charge on any atom is 0.374 e. The number of ether oxygens (including phenoxy) is 2. The highest BCUT2D eigenvalue weighted by Gasteiger charge is 2.25. The number of para-hydroxylation sites is 1. The maximum absolute atomic E-state index is 12.7. The van der Waals surface area contributed by atoms with Gasteiger partial charge >= 0.3 is 11.9 Å². The molecule has 0 N–H and O–H groups in total. The van der Waals surface area contributed by atoms with Crippen molar-refractivity contribution in [2.24, 2.45) is 0 Å². The first-order valence-electron chi connectivity index (χ1n) is 7.74. The predicted octanol–water partition coefficient (Wildman–Crippen LogP) is 2.85. The number of rotatable bonds is 5. The summed E-state index contributed by atoms with van der Waals surface area (Å²) in [5, 5.41) is 0.297. The quantitative estimate of drug-likeness (QED) is 0.783. The lowest BCUT2D eigenvalue weighted by Crippen LogP contribution is -2.24. The SMILES string of the molecule is CC(C)OC(=O)Cc1c(C(=O)OC(C)C)oc2ccccc2c1=O. The number of hydrogen-bond donors (Lipinski definition) is 0. The van der Waals surface area contributed by atoms with Gasteiger partial charge in [-0.05, 0) is 39.8 Å². The summed E-state index contributed by atoms with van der Waals surface area (Å²) in [5.74, 6) is -1.64. The summed E-state index contributed by atoms with van der Waals surface area (Å²) in [5.41, 5.74) is -0.225. The smallest absolute Gasteiger partial charge is 0.374 e. The number of benzene rings is 1. The van der Waals surface area contributed by atoms with E-state index >= 15 is 0 Å². The lowest BCUT2D eigenvalue weighted by atomic mass is 10.1. The summed E-state index contributed by atoms with van der Waals surface area (Å²) in [4.78, 5) is 36.9. The van der Waals surface area contributed by atoms with E-state index in [1.165, 1.54) is 0 Å². The van der Waals surface area contributed by atoms with E-state index in [0.717, 1.165) is 0 Å². The molecule has 6 nitrogen and oxygen atoms in total. The molecule has 24 heavy (non-hydrogen) atoms. The summed E-state index contributed by atoms with van der Waals surface area (Å²) < 4.78 is 15.7. The molecule has 0 radical (unpaired) electrons. The number of hydrogen-bond acceptors (Lipinski definition) is 6. The first-order valence-corrected chi connectivity index (χ1v) is 7.74.